The Hall–Kier alpha value is -1.80. The molecule has 1 N–H and O–H groups in total. The van der Waals surface area contributed by atoms with Crippen molar-refractivity contribution in [3.63, 3.8) is 0 Å². The molecule has 2 heteroatoms. The predicted molar refractivity (Wildman–Crippen MR) is 105 cm³/mol. The van der Waals surface area contributed by atoms with Crippen LogP contribution in [0.1, 0.15) is 68.8 Å². The molecule has 0 aliphatic carbocycles. The van der Waals surface area contributed by atoms with E-state index >= 15 is 0 Å². The van der Waals surface area contributed by atoms with Gasteiger partial charge in [-0.2, -0.15) is 0 Å². The van der Waals surface area contributed by atoms with Crippen LogP contribution in [0, 0.1) is 5.92 Å². The quantitative estimate of drug-likeness (QED) is 0.795. The molecule has 0 amide bonds. The Kier molecular flexibility index (Phi) is 5.19. The largest absolute Gasteiger partial charge is 0.508 e. The number of nitrogens with zero attached hydrogens (tertiary/aromatic N) is 1. The first-order valence-electron chi connectivity index (χ1n) is 9.54. The Balaban J connectivity index is 2.07. The average molecular weight is 338 g/mol. The van der Waals surface area contributed by atoms with E-state index in [0.717, 1.165) is 13.0 Å². The first kappa shape index (κ1) is 18.0. The zero-order valence-electron chi connectivity index (χ0n) is 16.2. The van der Waals surface area contributed by atoms with Gasteiger partial charge in [0, 0.05) is 12.6 Å². The van der Waals surface area contributed by atoms with Crippen molar-refractivity contribution in [2.45, 2.75) is 59.0 Å². The third-order valence-corrected chi connectivity index (χ3v) is 5.33. The smallest absolute Gasteiger partial charge is 0.115 e. The fraction of sp³-hybridized carbons (Fsp3) is 0.478. The molecule has 0 aromatic heterocycles. The van der Waals surface area contributed by atoms with Crippen molar-refractivity contribution in [2.24, 2.45) is 5.92 Å². The van der Waals surface area contributed by atoms with E-state index < -0.39 is 0 Å². The first-order valence-corrected chi connectivity index (χ1v) is 9.54. The van der Waals surface area contributed by atoms with Gasteiger partial charge in [0.15, 0.2) is 0 Å². The van der Waals surface area contributed by atoms with E-state index in [0.29, 0.717) is 23.6 Å². The minimum Gasteiger partial charge on any atom is -0.508 e. The lowest BCUT2D eigenvalue weighted by Crippen LogP contribution is -2.44. The molecule has 0 saturated carbocycles. The number of aromatic hydroxyl groups is 1. The van der Waals surface area contributed by atoms with Gasteiger partial charge in [-0.25, -0.2) is 0 Å². The highest BCUT2D eigenvalue weighted by Crippen LogP contribution is 2.39. The van der Waals surface area contributed by atoms with E-state index in [-0.39, 0.29) is 6.04 Å². The molecular weight excluding hydrogens is 306 g/mol. The first-order chi connectivity index (χ1) is 11.9. The summed E-state index contributed by atoms with van der Waals surface area (Å²) in [6, 6.07) is 15.8. The van der Waals surface area contributed by atoms with Gasteiger partial charge < -0.3 is 5.11 Å². The standard InChI is InChI=1S/C23H31NO/c1-15(2)14-24-17(5)12-20-13-21(25)10-11-22(20)23(24)19-8-6-18(7-9-19)16(3)4/h6-11,13,15-17,23,25H,12,14H2,1-5H3/t17-,23-/m1/s1. The predicted octanol–water partition coefficient (Wildman–Crippen LogP) is 5.51. The average Bonchev–Trinajstić information content (AvgIpc) is 2.55. The second-order valence-electron chi connectivity index (χ2n) is 8.25. The van der Waals surface area contributed by atoms with Gasteiger partial charge >= 0.3 is 0 Å². The highest BCUT2D eigenvalue weighted by molar-refractivity contribution is 5.44. The molecule has 1 heterocycles. The van der Waals surface area contributed by atoms with E-state index in [2.05, 4.69) is 69.9 Å². The third kappa shape index (κ3) is 3.74. The van der Waals surface area contributed by atoms with Crippen LogP contribution in [-0.4, -0.2) is 22.6 Å². The van der Waals surface area contributed by atoms with Gasteiger partial charge in [0.2, 0.25) is 0 Å². The van der Waals surface area contributed by atoms with Gasteiger partial charge in [-0.3, -0.25) is 4.90 Å². The number of fused-ring (bicyclic) bond motifs is 1. The highest BCUT2D eigenvalue weighted by atomic mass is 16.3. The summed E-state index contributed by atoms with van der Waals surface area (Å²) in [5.41, 5.74) is 5.36. The summed E-state index contributed by atoms with van der Waals surface area (Å²) in [5, 5.41) is 9.93. The molecule has 134 valence electrons. The Labute approximate surface area is 152 Å². The second-order valence-corrected chi connectivity index (χ2v) is 8.25. The number of rotatable bonds is 4. The number of phenols is 1. The van der Waals surface area contributed by atoms with E-state index in [1.165, 1.54) is 22.3 Å². The van der Waals surface area contributed by atoms with Gasteiger partial charge in [0.1, 0.15) is 5.75 Å². The molecule has 0 radical (unpaired) electrons. The van der Waals surface area contributed by atoms with Crippen molar-refractivity contribution in [1.82, 2.24) is 4.90 Å². The Bertz CT molecular complexity index is 717. The minimum absolute atomic E-state index is 0.267. The normalized spacial score (nSPS) is 20.9. The summed E-state index contributed by atoms with van der Waals surface area (Å²) in [6.07, 6.45) is 0.997. The maximum Gasteiger partial charge on any atom is 0.115 e. The zero-order chi connectivity index (χ0) is 18.1. The zero-order valence-corrected chi connectivity index (χ0v) is 16.2. The number of hydrogen-bond acceptors (Lipinski definition) is 2. The summed E-state index contributed by atoms with van der Waals surface area (Å²) in [6.45, 7) is 12.4. The van der Waals surface area contributed by atoms with Crippen LogP contribution in [0.25, 0.3) is 0 Å². The molecule has 2 nitrogen and oxygen atoms in total. The van der Waals surface area contributed by atoms with Crippen molar-refractivity contribution in [3.8, 4) is 5.75 Å². The molecule has 0 unspecified atom stereocenters. The van der Waals surface area contributed by atoms with E-state index in [1.807, 2.05) is 12.1 Å². The summed E-state index contributed by atoms with van der Waals surface area (Å²) in [4.78, 5) is 2.63. The molecule has 2 atom stereocenters. The molecule has 0 fully saturated rings. The van der Waals surface area contributed by atoms with Crippen LogP contribution in [0.4, 0.5) is 0 Å². The molecule has 2 aromatic carbocycles. The molecule has 0 saturated heterocycles. The van der Waals surface area contributed by atoms with Crippen LogP contribution in [0.2, 0.25) is 0 Å². The summed E-state index contributed by atoms with van der Waals surface area (Å²) >= 11 is 0. The molecule has 2 aromatic rings. The van der Waals surface area contributed by atoms with Crippen LogP contribution in [0.15, 0.2) is 42.5 Å². The highest BCUT2D eigenvalue weighted by Gasteiger charge is 2.33. The Morgan fingerprint density at radius 3 is 2.32 bits per heavy atom. The summed E-state index contributed by atoms with van der Waals surface area (Å²) in [7, 11) is 0. The van der Waals surface area contributed by atoms with Gasteiger partial charge in [-0.1, -0.05) is 58.0 Å². The van der Waals surface area contributed by atoms with Crippen LogP contribution >= 0.6 is 0 Å². The monoisotopic (exact) mass is 337 g/mol. The Morgan fingerprint density at radius 1 is 1.04 bits per heavy atom. The lowest BCUT2D eigenvalue weighted by Gasteiger charge is -2.43. The second kappa shape index (κ2) is 7.21. The molecule has 3 rings (SSSR count). The van der Waals surface area contributed by atoms with Crippen molar-refractivity contribution in [2.75, 3.05) is 6.54 Å². The van der Waals surface area contributed by atoms with Crippen LogP contribution in [0.5, 0.6) is 5.75 Å². The fourth-order valence-corrected chi connectivity index (χ4v) is 4.05. The topological polar surface area (TPSA) is 23.5 Å². The maximum atomic E-state index is 9.93. The van der Waals surface area contributed by atoms with Crippen molar-refractivity contribution in [3.05, 3.63) is 64.7 Å². The van der Waals surface area contributed by atoms with Gasteiger partial charge in [0.25, 0.3) is 0 Å². The summed E-state index contributed by atoms with van der Waals surface area (Å²) in [5.74, 6) is 1.55. The van der Waals surface area contributed by atoms with Crippen molar-refractivity contribution in [1.29, 1.82) is 0 Å². The SMILES string of the molecule is CC(C)CN1[C@H](c2ccc(C(C)C)cc2)c2ccc(O)cc2C[C@H]1C. The third-order valence-electron chi connectivity index (χ3n) is 5.33. The number of phenolic OH excluding ortho intramolecular Hbond substituents is 1. The molecule has 25 heavy (non-hydrogen) atoms. The number of hydrogen-bond donors (Lipinski definition) is 1. The van der Waals surface area contributed by atoms with E-state index in [1.54, 1.807) is 0 Å². The maximum absolute atomic E-state index is 9.93. The van der Waals surface area contributed by atoms with E-state index in [4.69, 9.17) is 0 Å². The molecular formula is C23H31NO. The minimum atomic E-state index is 0.267. The van der Waals surface area contributed by atoms with E-state index in [9.17, 15) is 5.11 Å². The molecule has 0 bridgehead atoms. The van der Waals surface area contributed by atoms with Crippen LogP contribution in [-0.2, 0) is 6.42 Å². The molecule has 0 spiro atoms. The summed E-state index contributed by atoms with van der Waals surface area (Å²) < 4.78 is 0. The molecule has 1 aliphatic rings. The molecule has 1 aliphatic heterocycles. The van der Waals surface area contributed by atoms with Crippen molar-refractivity contribution < 1.29 is 5.11 Å². The fourth-order valence-electron chi connectivity index (χ4n) is 4.05. The van der Waals surface area contributed by atoms with Gasteiger partial charge in [0.05, 0.1) is 6.04 Å². The van der Waals surface area contributed by atoms with Gasteiger partial charge in [-0.15, -0.1) is 0 Å². The van der Waals surface area contributed by atoms with Crippen LogP contribution < -0.4 is 0 Å². The lowest BCUT2D eigenvalue weighted by atomic mass is 9.84. The van der Waals surface area contributed by atoms with Crippen LogP contribution in [0.3, 0.4) is 0 Å². The number of benzene rings is 2. The van der Waals surface area contributed by atoms with Crippen molar-refractivity contribution >= 4 is 0 Å². The lowest BCUT2D eigenvalue weighted by molar-refractivity contribution is 0.132. The Morgan fingerprint density at radius 2 is 1.72 bits per heavy atom. The van der Waals surface area contributed by atoms with Gasteiger partial charge in [-0.05, 0) is 59.6 Å².